The number of hydrogen-bond acceptors (Lipinski definition) is 4. The summed E-state index contributed by atoms with van der Waals surface area (Å²) in [6.07, 6.45) is 0. The molecule has 102 valence electrons. The smallest absolute Gasteiger partial charge is 0.211 e. The fourth-order valence-corrected chi connectivity index (χ4v) is 2.64. The first-order valence-electron chi connectivity index (χ1n) is 6.25. The molecule has 0 spiro atoms. The van der Waals surface area contributed by atoms with Crippen LogP contribution in [0.2, 0.25) is 0 Å². The number of morpholine rings is 1. The van der Waals surface area contributed by atoms with Gasteiger partial charge in [0.15, 0.2) is 0 Å². The van der Waals surface area contributed by atoms with Gasteiger partial charge >= 0.3 is 0 Å². The molecule has 5 nitrogen and oxygen atoms in total. The number of ether oxygens (including phenoxy) is 1. The molecule has 17 heavy (non-hydrogen) atoms. The minimum atomic E-state index is -3.09. The highest BCUT2D eigenvalue weighted by Gasteiger charge is 2.24. The third kappa shape index (κ3) is 4.91. The van der Waals surface area contributed by atoms with Gasteiger partial charge in [-0.1, -0.05) is 13.8 Å². The Morgan fingerprint density at radius 3 is 2.35 bits per heavy atom. The summed E-state index contributed by atoms with van der Waals surface area (Å²) in [7, 11) is -3.09. The van der Waals surface area contributed by atoms with Crippen LogP contribution < -0.4 is 4.72 Å². The number of sulfonamides is 1. The summed E-state index contributed by atoms with van der Waals surface area (Å²) in [6.45, 7) is 9.65. The van der Waals surface area contributed by atoms with Crippen LogP contribution in [0, 0.1) is 5.92 Å². The summed E-state index contributed by atoms with van der Waals surface area (Å²) in [5.41, 5.74) is 0. The van der Waals surface area contributed by atoms with Crippen molar-refractivity contribution < 1.29 is 13.2 Å². The molecule has 0 aromatic carbocycles. The van der Waals surface area contributed by atoms with Crippen molar-refractivity contribution >= 4 is 10.0 Å². The van der Waals surface area contributed by atoms with Gasteiger partial charge in [-0.15, -0.1) is 0 Å². The van der Waals surface area contributed by atoms with Crippen LogP contribution in [0.5, 0.6) is 0 Å². The van der Waals surface area contributed by atoms with Crippen molar-refractivity contribution in [2.45, 2.75) is 26.8 Å². The zero-order chi connectivity index (χ0) is 12.9. The quantitative estimate of drug-likeness (QED) is 0.749. The Balaban J connectivity index is 2.54. The lowest BCUT2D eigenvalue weighted by molar-refractivity contribution is 0.00776. The van der Waals surface area contributed by atoms with Gasteiger partial charge in [-0.25, -0.2) is 13.1 Å². The predicted octanol–water partition coefficient (Wildman–Crippen LogP) is 0.283. The molecule has 1 aliphatic rings. The third-order valence-corrected chi connectivity index (χ3v) is 4.54. The zero-order valence-corrected chi connectivity index (χ0v) is 11.8. The third-order valence-electron chi connectivity index (χ3n) is 3.18. The van der Waals surface area contributed by atoms with Gasteiger partial charge in [-0.2, -0.15) is 0 Å². The lowest BCUT2D eigenvalue weighted by Gasteiger charge is -2.36. The summed E-state index contributed by atoms with van der Waals surface area (Å²) >= 11 is 0. The van der Waals surface area contributed by atoms with Crippen molar-refractivity contribution in [3.05, 3.63) is 0 Å². The molecule has 0 aliphatic carbocycles. The van der Waals surface area contributed by atoms with E-state index < -0.39 is 10.0 Å². The van der Waals surface area contributed by atoms with Crippen molar-refractivity contribution in [1.29, 1.82) is 0 Å². The fraction of sp³-hybridized carbons (Fsp3) is 1.00. The van der Waals surface area contributed by atoms with Crippen LogP contribution in [0.1, 0.15) is 20.8 Å². The van der Waals surface area contributed by atoms with Crippen LogP contribution in [-0.4, -0.2) is 58.0 Å². The highest BCUT2D eigenvalue weighted by Crippen LogP contribution is 2.12. The second kappa shape index (κ2) is 6.68. The Morgan fingerprint density at radius 2 is 1.88 bits per heavy atom. The first-order chi connectivity index (χ1) is 7.96. The van der Waals surface area contributed by atoms with Crippen molar-refractivity contribution in [2.75, 3.05) is 38.6 Å². The molecular weight excluding hydrogens is 240 g/mol. The van der Waals surface area contributed by atoms with Crippen molar-refractivity contribution in [3.63, 3.8) is 0 Å². The lowest BCUT2D eigenvalue weighted by atomic mass is 10.0. The highest BCUT2D eigenvalue weighted by atomic mass is 32.2. The first kappa shape index (κ1) is 14.9. The molecule has 1 N–H and O–H groups in total. The maximum absolute atomic E-state index is 11.5. The maximum atomic E-state index is 11.5. The number of nitrogens with zero attached hydrogens (tertiary/aromatic N) is 1. The molecule has 6 heteroatoms. The van der Waals surface area contributed by atoms with E-state index >= 15 is 0 Å². The van der Waals surface area contributed by atoms with Gasteiger partial charge in [0.25, 0.3) is 0 Å². The summed E-state index contributed by atoms with van der Waals surface area (Å²) in [5, 5.41) is 0. The van der Waals surface area contributed by atoms with Gasteiger partial charge in [0.2, 0.25) is 10.0 Å². The van der Waals surface area contributed by atoms with Crippen molar-refractivity contribution in [1.82, 2.24) is 9.62 Å². The van der Waals surface area contributed by atoms with Gasteiger partial charge in [0.05, 0.1) is 19.0 Å². The summed E-state index contributed by atoms with van der Waals surface area (Å²) in [4.78, 5) is 2.31. The summed E-state index contributed by atoms with van der Waals surface area (Å²) in [5.74, 6) is 0.564. The van der Waals surface area contributed by atoms with Crippen LogP contribution in [0.3, 0.4) is 0 Å². The number of hydrogen-bond donors (Lipinski definition) is 1. The van der Waals surface area contributed by atoms with E-state index in [9.17, 15) is 8.42 Å². The Labute approximate surface area is 105 Å². The van der Waals surface area contributed by atoms with E-state index in [-0.39, 0.29) is 11.8 Å². The second-order valence-electron chi connectivity index (χ2n) is 4.71. The van der Waals surface area contributed by atoms with E-state index in [1.54, 1.807) is 6.92 Å². The Morgan fingerprint density at radius 1 is 1.29 bits per heavy atom. The molecule has 1 aliphatic heterocycles. The van der Waals surface area contributed by atoms with E-state index in [0.717, 1.165) is 26.3 Å². The van der Waals surface area contributed by atoms with Gasteiger partial charge in [-0.05, 0) is 12.8 Å². The Bertz CT molecular complexity index is 311. The molecular formula is C11H24N2O3S. The molecule has 0 bridgehead atoms. The van der Waals surface area contributed by atoms with Gasteiger partial charge in [0, 0.05) is 25.7 Å². The molecule has 0 radical (unpaired) electrons. The Hall–Kier alpha value is -0.170. The molecule has 0 saturated carbocycles. The maximum Gasteiger partial charge on any atom is 0.211 e. The molecule has 1 unspecified atom stereocenters. The Kier molecular flexibility index (Phi) is 5.85. The van der Waals surface area contributed by atoms with Crippen LogP contribution in [-0.2, 0) is 14.8 Å². The van der Waals surface area contributed by atoms with E-state index in [0.29, 0.717) is 12.5 Å². The van der Waals surface area contributed by atoms with E-state index in [4.69, 9.17) is 4.74 Å². The molecule has 1 heterocycles. The van der Waals surface area contributed by atoms with Crippen LogP contribution in [0.15, 0.2) is 0 Å². The standard InChI is InChI=1S/C11H24N2O3S/c1-4-17(14,15)12-9-11(10(2)3)13-5-7-16-8-6-13/h10-12H,4-9H2,1-3H3. The lowest BCUT2D eigenvalue weighted by Crippen LogP contribution is -2.51. The molecule has 1 atom stereocenters. The van der Waals surface area contributed by atoms with Crippen molar-refractivity contribution in [3.8, 4) is 0 Å². The van der Waals surface area contributed by atoms with Crippen LogP contribution in [0.4, 0.5) is 0 Å². The SMILES string of the molecule is CCS(=O)(=O)NCC(C(C)C)N1CCOCC1. The monoisotopic (exact) mass is 264 g/mol. The normalized spacial score (nSPS) is 20.7. The highest BCUT2D eigenvalue weighted by molar-refractivity contribution is 7.89. The summed E-state index contributed by atoms with van der Waals surface area (Å²) < 4.78 is 30.9. The number of rotatable bonds is 6. The minimum absolute atomic E-state index is 0.140. The average Bonchev–Trinajstić information content (AvgIpc) is 2.30. The van der Waals surface area contributed by atoms with E-state index in [2.05, 4.69) is 23.5 Å². The molecule has 1 saturated heterocycles. The topological polar surface area (TPSA) is 58.6 Å². The average molecular weight is 264 g/mol. The molecule has 1 rings (SSSR count). The molecule has 0 aromatic rings. The summed E-state index contributed by atoms with van der Waals surface area (Å²) in [6, 6.07) is 0.250. The molecule has 0 aromatic heterocycles. The van der Waals surface area contributed by atoms with Gasteiger partial charge in [-0.3, -0.25) is 4.90 Å². The number of nitrogens with one attached hydrogen (secondary N) is 1. The van der Waals surface area contributed by atoms with E-state index in [1.165, 1.54) is 0 Å². The fourth-order valence-electron chi connectivity index (χ4n) is 2.01. The zero-order valence-electron chi connectivity index (χ0n) is 11.0. The minimum Gasteiger partial charge on any atom is -0.379 e. The van der Waals surface area contributed by atoms with Crippen LogP contribution >= 0.6 is 0 Å². The van der Waals surface area contributed by atoms with Gasteiger partial charge < -0.3 is 4.74 Å². The molecule has 1 fully saturated rings. The van der Waals surface area contributed by atoms with Gasteiger partial charge in [0.1, 0.15) is 0 Å². The van der Waals surface area contributed by atoms with E-state index in [1.807, 2.05) is 0 Å². The largest absolute Gasteiger partial charge is 0.379 e. The first-order valence-corrected chi connectivity index (χ1v) is 7.90. The molecule has 0 amide bonds. The predicted molar refractivity (Wildman–Crippen MR) is 68.5 cm³/mol. The van der Waals surface area contributed by atoms with Crippen molar-refractivity contribution in [2.24, 2.45) is 5.92 Å². The van der Waals surface area contributed by atoms with Crippen LogP contribution in [0.25, 0.3) is 0 Å². The second-order valence-corrected chi connectivity index (χ2v) is 6.81.